The number of oxazole rings is 1. The van der Waals surface area contributed by atoms with Crippen LogP contribution in [0.25, 0.3) is 0 Å². The molecule has 4 nitrogen and oxygen atoms in total. The van der Waals surface area contributed by atoms with Crippen LogP contribution in [0.4, 0.5) is 0 Å². The molecular formula is C16H20ClNO3S. The number of thioether (sulfide) groups is 1. The molecule has 1 heterocycles. The number of aromatic nitrogens is 1. The van der Waals surface area contributed by atoms with Crippen molar-refractivity contribution in [2.24, 2.45) is 0 Å². The van der Waals surface area contributed by atoms with E-state index in [0.29, 0.717) is 33.8 Å². The Kier molecular flexibility index (Phi) is 8.24. The van der Waals surface area contributed by atoms with Crippen molar-refractivity contribution in [2.45, 2.75) is 30.8 Å². The molecule has 6 heteroatoms. The average Bonchev–Trinajstić information content (AvgIpc) is 2.88. The zero-order chi connectivity index (χ0) is 16.5. The third-order valence-electron chi connectivity index (χ3n) is 2.94. The van der Waals surface area contributed by atoms with Gasteiger partial charge < -0.3 is 9.15 Å². The minimum Gasteiger partial charge on any atom is -0.433 e. The van der Waals surface area contributed by atoms with Gasteiger partial charge in [-0.25, -0.2) is 4.98 Å². The molecule has 0 spiro atoms. The quantitative estimate of drug-likeness (QED) is 0.343. The Morgan fingerprint density at radius 2 is 2.23 bits per heavy atom. The Labute approximate surface area is 140 Å². The molecule has 0 N–H and O–H groups in total. The Bertz CT molecular complexity index is 566. The highest BCUT2D eigenvalue weighted by Gasteiger charge is 2.20. The van der Waals surface area contributed by atoms with Crippen LogP contribution in [0, 0.1) is 0 Å². The minimum absolute atomic E-state index is 0.124. The summed E-state index contributed by atoms with van der Waals surface area (Å²) in [7, 11) is 1.65. The number of nitrogens with zero attached hydrogens (tertiary/aromatic N) is 1. The van der Waals surface area contributed by atoms with E-state index >= 15 is 0 Å². The summed E-state index contributed by atoms with van der Waals surface area (Å²) in [5, 5.41) is 0.844. The zero-order valence-electron chi connectivity index (χ0n) is 12.8. The number of carbonyl (C=O) groups excluding carboxylic acids is 1. The number of methoxy groups -OCH3 is 1. The van der Waals surface area contributed by atoms with Gasteiger partial charge in [0, 0.05) is 29.6 Å². The molecule has 0 amide bonds. The summed E-state index contributed by atoms with van der Waals surface area (Å²) in [6.45, 7) is 10.1. The molecule has 0 aliphatic heterocycles. The number of halogens is 1. The summed E-state index contributed by atoms with van der Waals surface area (Å²) in [4.78, 5) is 16.1. The Morgan fingerprint density at radius 3 is 2.77 bits per heavy atom. The van der Waals surface area contributed by atoms with Crippen LogP contribution in [0.5, 0.6) is 0 Å². The van der Waals surface area contributed by atoms with Crippen LogP contribution in [0.1, 0.15) is 42.1 Å². The van der Waals surface area contributed by atoms with Gasteiger partial charge in [-0.3, -0.25) is 4.79 Å². The first-order valence-corrected chi connectivity index (χ1v) is 8.05. The summed E-state index contributed by atoms with van der Waals surface area (Å²) >= 11 is 6.90. The minimum atomic E-state index is 0.124. The molecule has 0 radical (unpaired) electrons. The zero-order valence-corrected chi connectivity index (χ0v) is 14.4. The molecule has 0 bridgehead atoms. The van der Waals surface area contributed by atoms with E-state index in [1.165, 1.54) is 11.8 Å². The Morgan fingerprint density at radius 1 is 1.50 bits per heavy atom. The molecule has 0 saturated heterocycles. The summed E-state index contributed by atoms with van der Waals surface area (Å²) < 4.78 is 10.8. The number of aldehydes is 1. The lowest BCUT2D eigenvalue weighted by Gasteiger charge is -2.09. The molecule has 0 aromatic carbocycles. The van der Waals surface area contributed by atoms with E-state index in [1.54, 1.807) is 19.3 Å². The van der Waals surface area contributed by atoms with Gasteiger partial charge in [0.2, 0.25) is 0 Å². The molecule has 1 unspecified atom stereocenters. The molecule has 0 fully saturated rings. The summed E-state index contributed by atoms with van der Waals surface area (Å²) in [6, 6.07) is 0. The van der Waals surface area contributed by atoms with Crippen LogP contribution >= 0.6 is 23.4 Å². The molecule has 1 rings (SSSR count). The number of hydrogen-bond donors (Lipinski definition) is 0. The van der Waals surface area contributed by atoms with E-state index in [0.717, 1.165) is 12.8 Å². The lowest BCUT2D eigenvalue weighted by Crippen LogP contribution is -2.02. The van der Waals surface area contributed by atoms with Crippen molar-refractivity contribution >= 4 is 29.6 Å². The maximum absolute atomic E-state index is 11.2. The first-order chi connectivity index (χ1) is 10.5. The predicted molar refractivity (Wildman–Crippen MR) is 90.5 cm³/mol. The van der Waals surface area contributed by atoms with Crippen LogP contribution in [-0.2, 0) is 4.74 Å². The van der Waals surface area contributed by atoms with Gasteiger partial charge in [-0.1, -0.05) is 43.4 Å². The van der Waals surface area contributed by atoms with Crippen LogP contribution in [0.3, 0.4) is 0 Å². The van der Waals surface area contributed by atoms with E-state index < -0.39 is 0 Å². The largest absolute Gasteiger partial charge is 0.433 e. The van der Waals surface area contributed by atoms with Gasteiger partial charge in [0.25, 0.3) is 0 Å². The third-order valence-corrected chi connectivity index (χ3v) is 3.94. The number of hydrogen-bond acceptors (Lipinski definition) is 5. The number of ether oxygens (including phenoxy) is 1. The number of rotatable bonds is 10. The third kappa shape index (κ3) is 5.83. The van der Waals surface area contributed by atoms with E-state index in [9.17, 15) is 4.79 Å². The van der Waals surface area contributed by atoms with Crippen molar-refractivity contribution in [2.75, 3.05) is 13.7 Å². The Hall–Kier alpha value is -1.30. The number of allylic oxidation sites excluding steroid dienone is 3. The lowest BCUT2D eigenvalue weighted by atomic mass is 10.0. The van der Waals surface area contributed by atoms with Crippen molar-refractivity contribution in [1.29, 1.82) is 0 Å². The van der Waals surface area contributed by atoms with E-state index in [-0.39, 0.29) is 11.6 Å². The predicted octanol–water partition coefficient (Wildman–Crippen LogP) is 4.93. The average molecular weight is 342 g/mol. The van der Waals surface area contributed by atoms with Gasteiger partial charge in [-0.15, -0.1) is 0 Å². The fourth-order valence-corrected chi connectivity index (χ4v) is 2.52. The molecule has 22 heavy (non-hydrogen) atoms. The molecule has 1 aromatic heterocycles. The van der Waals surface area contributed by atoms with Crippen molar-refractivity contribution in [3.8, 4) is 0 Å². The van der Waals surface area contributed by atoms with E-state index in [1.807, 2.05) is 6.92 Å². The van der Waals surface area contributed by atoms with Gasteiger partial charge in [-0.2, -0.15) is 0 Å². The van der Waals surface area contributed by atoms with Crippen LogP contribution < -0.4 is 0 Å². The van der Waals surface area contributed by atoms with Crippen LogP contribution in [0.2, 0.25) is 0 Å². The summed E-state index contributed by atoms with van der Waals surface area (Å²) in [5.41, 5.74) is 0.287. The van der Waals surface area contributed by atoms with Crippen molar-refractivity contribution in [1.82, 2.24) is 4.98 Å². The fraction of sp³-hybridized carbons (Fsp3) is 0.375. The van der Waals surface area contributed by atoms with Crippen LogP contribution in [-0.4, -0.2) is 25.0 Å². The topological polar surface area (TPSA) is 52.3 Å². The molecular weight excluding hydrogens is 322 g/mol. The molecule has 0 aliphatic rings. The van der Waals surface area contributed by atoms with Gasteiger partial charge in [0.1, 0.15) is 0 Å². The summed E-state index contributed by atoms with van der Waals surface area (Å²) in [5.74, 6) is 0.683. The molecule has 0 aliphatic carbocycles. The van der Waals surface area contributed by atoms with Crippen molar-refractivity contribution in [3.63, 3.8) is 0 Å². The van der Waals surface area contributed by atoms with Gasteiger partial charge in [-0.05, 0) is 25.0 Å². The monoisotopic (exact) mass is 341 g/mol. The SMILES string of the molecule is C=C(Cl)/C=C\C(=C)Sc1oc(C(CC)CCOC)nc1C=O. The summed E-state index contributed by atoms with van der Waals surface area (Å²) in [6.07, 6.45) is 5.68. The first kappa shape index (κ1) is 18.7. The highest BCUT2D eigenvalue weighted by Crippen LogP contribution is 2.33. The second kappa shape index (κ2) is 9.66. The fourth-order valence-electron chi connectivity index (χ4n) is 1.76. The maximum Gasteiger partial charge on any atom is 0.199 e. The highest BCUT2D eigenvalue weighted by molar-refractivity contribution is 8.03. The Balaban J connectivity index is 2.89. The second-order valence-corrected chi connectivity index (χ2v) is 6.16. The van der Waals surface area contributed by atoms with Gasteiger partial charge >= 0.3 is 0 Å². The van der Waals surface area contributed by atoms with E-state index in [4.69, 9.17) is 20.8 Å². The van der Waals surface area contributed by atoms with E-state index in [2.05, 4.69) is 18.1 Å². The first-order valence-electron chi connectivity index (χ1n) is 6.85. The van der Waals surface area contributed by atoms with Crippen molar-refractivity contribution < 1.29 is 13.9 Å². The standard InChI is InChI=1S/C16H20ClNO3S/c1-5-13(8-9-20-4)15-18-14(10-19)16(21-15)22-12(3)7-6-11(2)17/h6-7,10,13H,2-3,5,8-9H2,1,4H3/b7-6-. The van der Waals surface area contributed by atoms with Crippen molar-refractivity contribution in [3.05, 3.63) is 46.8 Å². The highest BCUT2D eigenvalue weighted by atomic mass is 35.5. The van der Waals surface area contributed by atoms with Crippen LogP contribution in [0.15, 0.2) is 44.8 Å². The second-order valence-electron chi connectivity index (χ2n) is 4.58. The number of carbonyl (C=O) groups is 1. The normalized spacial score (nSPS) is 12.5. The maximum atomic E-state index is 11.2. The van der Waals surface area contributed by atoms with Gasteiger partial charge in [0.15, 0.2) is 23.0 Å². The molecule has 120 valence electrons. The smallest absolute Gasteiger partial charge is 0.199 e. The lowest BCUT2D eigenvalue weighted by molar-refractivity contribution is 0.111. The molecule has 1 aromatic rings. The van der Waals surface area contributed by atoms with Gasteiger partial charge in [0.05, 0.1) is 0 Å². The molecule has 1 atom stereocenters. The molecule has 0 saturated carbocycles.